The van der Waals surface area contributed by atoms with E-state index in [4.69, 9.17) is 13.9 Å². The third-order valence-corrected chi connectivity index (χ3v) is 4.68. The zero-order valence-corrected chi connectivity index (χ0v) is 15.8. The van der Waals surface area contributed by atoms with Crippen LogP contribution in [0.2, 0.25) is 0 Å². The molecule has 0 aliphatic rings. The van der Waals surface area contributed by atoms with Gasteiger partial charge >= 0.3 is 5.97 Å². The van der Waals surface area contributed by atoms with Crippen molar-refractivity contribution in [2.24, 2.45) is 0 Å². The van der Waals surface area contributed by atoms with E-state index in [0.717, 1.165) is 16.5 Å². The normalized spacial score (nSPS) is 10.7. The summed E-state index contributed by atoms with van der Waals surface area (Å²) in [5.74, 6) is 1.32. The summed E-state index contributed by atoms with van der Waals surface area (Å²) < 4.78 is 17.5. The molecule has 3 aromatic carbocycles. The van der Waals surface area contributed by atoms with Gasteiger partial charge in [-0.3, -0.25) is 0 Å². The van der Waals surface area contributed by atoms with Crippen LogP contribution in [0.3, 0.4) is 0 Å². The van der Waals surface area contributed by atoms with Crippen molar-refractivity contribution < 1.29 is 18.7 Å². The molecule has 0 spiro atoms. The highest BCUT2D eigenvalue weighted by molar-refractivity contribution is 9.10. The van der Waals surface area contributed by atoms with Crippen molar-refractivity contribution in [3.63, 3.8) is 0 Å². The Balaban J connectivity index is 1.45. The summed E-state index contributed by atoms with van der Waals surface area (Å²) in [4.78, 5) is 12.3. The summed E-state index contributed by atoms with van der Waals surface area (Å²) in [7, 11) is 0. The molecule has 134 valence electrons. The minimum atomic E-state index is -0.557. The molecule has 0 N–H and O–H groups in total. The van der Waals surface area contributed by atoms with E-state index < -0.39 is 5.97 Å². The predicted molar refractivity (Wildman–Crippen MR) is 106 cm³/mol. The van der Waals surface area contributed by atoms with Gasteiger partial charge in [-0.15, -0.1) is 0 Å². The number of esters is 1. The maximum absolute atomic E-state index is 12.3. The fraction of sp³-hybridized carbons (Fsp3) is 0.0455. The number of hydrogen-bond donors (Lipinski definition) is 0. The van der Waals surface area contributed by atoms with Crippen molar-refractivity contribution in [3.05, 3.63) is 94.9 Å². The van der Waals surface area contributed by atoms with E-state index in [0.29, 0.717) is 16.0 Å². The summed E-state index contributed by atoms with van der Waals surface area (Å²) in [6, 6.07) is 24.3. The fourth-order valence-electron chi connectivity index (χ4n) is 2.71. The number of benzene rings is 3. The molecule has 0 saturated heterocycles. The summed E-state index contributed by atoms with van der Waals surface area (Å²) in [5, 5.41) is 2.13. The summed E-state index contributed by atoms with van der Waals surface area (Å²) in [6.45, 7) is 0.219. The Morgan fingerprint density at radius 3 is 2.48 bits per heavy atom. The van der Waals surface area contributed by atoms with Crippen molar-refractivity contribution in [2.75, 3.05) is 0 Å². The minimum Gasteiger partial charge on any atom is -0.485 e. The van der Waals surface area contributed by atoms with Gasteiger partial charge in [-0.25, -0.2) is 4.79 Å². The monoisotopic (exact) mass is 422 g/mol. The average Bonchev–Trinajstić information content (AvgIpc) is 3.17. The highest BCUT2D eigenvalue weighted by Gasteiger charge is 2.15. The first-order valence-corrected chi connectivity index (χ1v) is 9.16. The lowest BCUT2D eigenvalue weighted by atomic mass is 10.1. The average molecular weight is 423 g/mol. The third kappa shape index (κ3) is 3.88. The maximum atomic E-state index is 12.3. The number of rotatable bonds is 5. The molecule has 0 saturated carbocycles. The van der Waals surface area contributed by atoms with Crippen molar-refractivity contribution >= 4 is 32.7 Å². The van der Waals surface area contributed by atoms with E-state index in [1.165, 1.54) is 0 Å². The summed E-state index contributed by atoms with van der Waals surface area (Å²) in [6.07, 6.45) is 0. The fourth-order valence-corrected chi connectivity index (χ4v) is 3.08. The number of ether oxygens (including phenoxy) is 2. The summed E-state index contributed by atoms with van der Waals surface area (Å²) in [5.41, 5.74) is 0. The molecular formula is C22H15BrO4. The first-order chi connectivity index (χ1) is 13.2. The van der Waals surface area contributed by atoms with E-state index >= 15 is 0 Å². The quantitative estimate of drug-likeness (QED) is 0.292. The first kappa shape index (κ1) is 17.4. The van der Waals surface area contributed by atoms with Crippen molar-refractivity contribution in [1.82, 2.24) is 0 Å². The molecule has 4 rings (SSSR count). The molecule has 0 aliphatic heterocycles. The second kappa shape index (κ2) is 7.68. The lowest BCUT2D eigenvalue weighted by Gasteiger charge is -2.08. The van der Waals surface area contributed by atoms with Crippen LogP contribution < -0.4 is 9.47 Å². The van der Waals surface area contributed by atoms with Crippen LogP contribution in [0.1, 0.15) is 16.3 Å². The summed E-state index contributed by atoms with van der Waals surface area (Å²) >= 11 is 3.35. The van der Waals surface area contributed by atoms with Crippen LogP contribution in [-0.4, -0.2) is 5.97 Å². The van der Waals surface area contributed by atoms with Gasteiger partial charge in [0.05, 0.1) is 4.47 Å². The SMILES string of the molecule is O=C(Oc1ccccc1Br)c1ccc(COc2cccc3ccccc23)o1. The van der Waals surface area contributed by atoms with Gasteiger partial charge in [-0.2, -0.15) is 0 Å². The topological polar surface area (TPSA) is 48.7 Å². The van der Waals surface area contributed by atoms with Crippen LogP contribution in [0.15, 0.2) is 87.8 Å². The molecule has 0 aliphatic carbocycles. The number of halogens is 1. The van der Waals surface area contributed by atoms with Crippen LogP contribution >= 0.6 is 15.9 Å². The van der Waals surface area contributed by atoms with E-state index in [1.54, 1.807) is 30.3 Å². The van der Waals surface area contributed by atoms with Crippen LogP contribution in [0.5, 0.6) is 11.5 Å². The largest absolute Gasteiger partial charge is 0.485 e. The standard InChI is InChI=1S/C22H15BrO4/c23-18-9-3-4-10-20(18)27-22(24)21-13-12-16(26-21)14-25-19-11-5-7-15-6-1-2-8-17(15)19/h1-13H,14H2. The molecule has 0 atom stereocenters. The van der Waals surface area contributed by atoms with Crippen LogP contribution in [0.25, 0.3) is 10.8 Å². The van der Waals surface area contributed by atoms with Crippen LogP contribution in [0.4, 0.5) is 0 Å². The van der Waals surface area contributed by atoms with Crippen molar-refractivity contribution in [2.45, 2.75) is 6.61 Å². The molecular weight excluding hydrogens is 408 g/mol. The second-order valence-corrected chi connectivity index (χ2v) is 6.71. The van der Waals surface area contributed by atoms with Crippen molar-refractivity contribution in [3.8, 4) is 11.5 Å². The Kier molecular flexibility index (Phi) is 4.94. The molecule has 0 fully saturated rings. The lowest BCUT2D eigenvalue weighted by molar-refractivity contribution is 0.0696. The van der Waals surface area contributed by atoms with Crippen molar-refractivity contribution in [1.29, 1.82) is 0 Å². The highest BCUT2D eigenvalue weighted by Crippen LogP contribution is 2.27. The number of carbonyl (C=O) groups is 1. The van der Waals surface area contributed by atoms with Gasteiger partial charge in [-0.05, 0) is 51.6 Å². The smallest absolute Gasteiger partial charge is 0.379 e. The van der Waals surface area contributed by atoms with Gasteiger partial charge in [0, 0.05) is 5.39 Å². The number of carbonyl (C=O) groups excluding carboxylic acids is 1. The molecule has 0 unspecified atom stereocenters. The Morgan fingerprint density at radius 2 is 1.59 bits per heavy atom. The minimum absolute atomic E-state index is 0.127. The lowest BCUT2D eigenvalue weighted by Crippen LogP contribution is -2.07. The molecule has 27 heavy (non-hydrogen) atoms. The molecule has 0 bridgehead atoms. The maximum Gasteiger partial charge on any atom is 0.379 e. The molecule has 1 heterocycles. The number of fused-ring (bicyclic) bond motifs is 1. The Bertz CT molecular complexity index is 1090. The highest BCUT2D eigenvalue weighted by atomic mass is 79.9. The molecule has 0 amide bonds. The first-order valence-electron chi connectivity index (χ1n) is 8.37. The molecule has 1 aromatic heterocycles. The van der Waals surface area contributed by atoms with Gasteiger partial charge in [0.1, 0.15) is 23.9 Å². The Morgan fingerprint density at radius 1 is 0.852 bits per heavy atom. The molecule has 0 radical (unpaired) electrons. The van der Waals surface area contributed by atoms with Gasteiger partial charge in [0.25, 0.3) is 0 Å². The van der Waals surface area contributed by atoms with Gasteiger partial charge in [0.2, 0.25) is 5.76 Å². The van der Waals surface area contributed by atoms with Gasteiger partial charge in [-0.1, -0.05) is 48.5 Å². The number of hydrogen-bond acceptors (Lipinski definition) is 4. The Hall–Kier alpha value is -3.05. The molecule has 5 heteroatoms. The number of para-hydroxylation sites is 1. The van der Waals surface area contributed by atoms with Gasteiger partial charge in [0.15, 0.2) is 0 Å². The van der Waals surface area contributed by atoms with E-state index in [2.05, 4.69) is 15.9 Å². The van der Waals surface area contributed by atoms with E-state index in [-0.39, 0.29) is 12.4 Å². The predicted octanol–water partition coefficient (Wildman–Crippen LogP) is 5.99. The number of furan rings is 1. The Labute approximate surface area is 164 Å². The zero-order valence-electron chi connectivity index (χ0n) is 14.2. The molecule has 4 aromatic rings. The van der Waals surface area contributed by atoms with E-state index in [9.17, 15) is 4.79 Å². The van der Waals surface area contributed by atoms with E-state index in [1.807, 2.05) is 48.5 Å². The zero-order chi connectivity index (χ0) is 18.6. The van der Waals surface area contributed by atoms with Gasteiger partial charge < -0.3 is 13.9 Å². The van der Waals surface area contributed by atoms with Crippen LogP contribution in [0, 0.1) is 0 Å². The third-order valence-electron chi connectivity index (χ3n) is 4.02. The van der Waals surface area contributed by atoms with Crippen LogP contribution in [-0.2, 0) is 6.61 Å². The molecule has 4 nitrogen and oxygen atoms in total. The second-order valence-electron chi connectivity index (χ2n) is 5.85.